The molecular weight excluding hydrogens is 404 g/mol. The van der Waals surface area contributed by atoms with Gasteiger partial charge in [0, 0.05) is 17.6 Å². The van der Waals surface area contributed by atoms with E-state index >= 15 is 0 Å². The molecular formula is C21H18ClF2NO2S. The quantitative estimate of drug-likeness (QED) is 0.441. The molecule has 0 radical (unpaired) electrons. The van der Waals surface area contributed by atoms with E-state index < -0.39 is 26.4 Å². The van der Waals surface area contributed by atoms with Crippen molar-refractivity contribution in [2.45, 2.75) is 22.8 Å². The summed E-state index contributed by atoms with van der Waals surface area (Å²) in [5, 5.41) is 3.93. The van der Waals surface area contributed by atoms with Gasteiger partial charge in [-0.15, -0.1) is 0 Å². The van der Waals surface area contributed by atoms with Crippen molar-refractivity contribution in [2.75, 3.05) is 6.54 Å². The molecule has 28 heavy (non-hydrogen) atoms. The van der Waals surface area contributed by atoms with Crippen molar-refractivity contribution in [3.63, 3.8) is 0 Å². The van der Waals surface area contributed by atoms with E-state index in [1.165, 1.54) is 12.1 Å². The van der Waals surface area contributed by atoms with Crippen LogP contribution in [0.5, 0.6) is 0 Å². The Kier molecular flexibility index (Phi) is 6.44. The van der Waals surface area contributed by atoms with Crippen LogP contribution in [0.1, 0.15) is 11.1 Å². The second kappa shape index (κ2) is 8.82. The molecule has 0 aliphatic carbocycles. The van der Waals surface area contributed by atoms with Gasteiger partial charge < -0.3 is 5.32 Å². The molecule has 3 nitrogen and oxygen atoms in total. The molecule has 0 amide bonds. The summed E-state index contributed by atoms with van der Waals surface area (Å²) in [6.45, 7) is 1.14. The average molecular weight is 422 g/mol. The Morgan fingerprint density at radius 3 is 2.39 bits per heavy atom. The molecule has 0 bridgehead atoms. The zero-order chi connectivity index (χ0) is 20.1. The lowest BCUT2D eigenvalue weighted by Gasteiger charge is -2.09. The molecule has 0 saturated heterocycles. The predicted molar refractivity (Wildman–Crippen MR) is 105 cm³/mol. The van der Waals surface area contributed by atoms with E-state index in [0.29, 0.717) is 24.2 Å². The summed E-state index contributed by atoms with van der Waals surface area (Å²) in [6, 6.07) is 16.3. The van der Waals surface area contributed by atoms with Gasteiger partial charge in [-0.1, -0.05) is 35.9 Å². The Hall–Kier alpha value is -2.28. The molecule has 146 valence electrons. The molecule has 0 heterocycles. The first-order valence-corrected chi connectivity index (χ1v) is 10.5. The maximum absolute atomic E-state index is 13.9. The number of sulfone groups is 1. The fraction of sp³-hybridized carbons (Fsp3) is 0.143. The second-order valence-electron chi connectivity index (χ2n) is 6.28. The maximum atomic E-state index is 13.9. The van der Waals surface area contributed by atoms with Crippen LogP contribution >= 0.6 is 11.6 Å². The van der Waals surface area contributed by atoms with Gasteiger partial charge in [0.15, 0.2) is 0 Å². The normalized spacial score (nSPS) is 11.5. The van der Waals surface area contributed by atoms with Crippen LogP contribution in [0.15, 0.2) is 76.5 Å². The van der Waals surface area contributed by atoms with Crippen molar-refractivity contribution in [2.24, 2.45) is 0 Å². The molecule has 0 atom stereocenters. The standard InChI is InChI=1S/C21H18ClF2NO2S/c22-17-5-1-3-15(11-17)9-10-25-14-16-4-2-6-19(12-16)28(26,27)21-8-7-18(23)13-20(21)24/h1-8,11-13,25H,9-10,14H2. The Balaban J connectivity index is 1.68. The van der Waals surface area contributed by atoms with Crippen LogP contribution in [0.2, 0.25) is 5.02 Å². The smallest absolute Gasteiger partial charge is 0.209 e. The summed E-state index contributed by atoms with van der Waals surface area (Å²) in [4.78, 5) is -0.577. The zero-order valence-electron chi connectivity index (χ0n) is 14.8. The molecule has 7 heteroatoms. The number of halogens is 3. The fourth-order valence-corrected chi connectivity index (χ4v) is 4.39. The molecule has 0 aromatic heterocycles. The Morgan fingerprint density at radius 1 is 0.893 bits per heavy atom. The highest BCUT2D eigenvalue weighted by Gasteiger charge is 2.22. The SMILES string of the molecule is O=S(=O)(c1cccc(CNCCc2cccc(Cl)c2)c1)c1ccc(F)cc1F. The molecule has 0 spiro atoms. The van der Waals surface area contributed by atoms with Gasteiger partial charge in [0.1, 0.15) is 16.5 Å². The van der Waals surface area contributed by atoms with Crippen molar-refractivity contribution in [3.8, 4) is 0 Å². The number of rotatable bonds is 7. The van der Waals surface area contributed by atoms with Crippen LogP contribution in [0, 0.1) is 11.6 Å². The number of hydrogen-bond donors (Lipinski definition) is 1. The van der Waals surface area contributed by atoms with Gasteiger partial charge in [0.2, 0.25) is 9.84 Å². The lowest BCUT2D eigenvalue weighted by Crippen LogP contribution is -2.17. The first-order chi connectivity index (χ1) is 13.4. The van der Waals surface area contributed by atoms with Crippen LogP contribution in [-0.4, -0.2) is 15.0 Å². The van der Waals surface area contributed by atoms with E-state index in [4.69, 9.17) is 11.6 Å². The zero-order valence-corrected chi connectivity index (χ0v) is 16.4. The largest absolute Gasteiger partial charge is 0.312 e. The summed E-state index contributed by atoms with van der Waals surface area (Å²) in [6.07, 6.45) is 0.777. The molecule has 3 aromatic carbocycles. The minimum absolute atomic E-state index is 0.0350. The Bertz CT molecular complexity index is 1090. The highest BCUT2D eigenvalue weighted by atomic mass is 35.5. The third kappa shape index (κ3) is 4.95. The van der Waals surface area contributed by atoms with Gasteiger partial charge in [-0.3, -0.25) is 0 Å². The van der Waals surface area contributed by atoms with Crippen LogP contribution in [0.25, 0.3) is 0 Å². The van der Waals surface area contributed by atoms with E-state index in [9.17, 15) is 17.2 Å². The Labute approximate surface area is 167 Å². The van der Waals surface area contributed by atoms with Gasteiger partial charge in [0.25, 0.3) is 0 Å². The van der Waals surface area contributed by atoms with Gasteiger partial charge in [-0.2, -0.15) is 0 Å². The molecule has 0 fully saturated rings. The predicted octanol–water partition coefficient (Wildman–Crippen LogP) is 4.78. The third-order valence-corrected chi connectivity index (χ3v) is 6.22. The number of benzene rings is 3. The van der Waals surface area contributed by atoms with E-state index in [1.807, 2.05) is 24.3 Å². The van der Waals surface area contributed by atoms with Crippen LogP contribution in [-0.2, 0) is 22.8 Å². The van der Waals surface area contributed by atoms with Crippen LogP contribution in [0.4, 0.5) is 8.78 Å². The topological polar surface area (TPSA) is 46.2 Å². The summed E-state index contributed by atoms with van der Waals surface area (Å²) < 4.78 is 52.3. The van der Waals surface area contributed by atoms with Crippen molar-refractivity contribution in [1.82, 2.24) is 5.32 Å². The monoisotopic (exact) mass is 421 g/mol. The lowest BCUT2D eigenvalue weighted by atomic mass is 10.1. The van der Waals surface area contributed by atoms with E-state index in [2.05, 4.69) is 5.32 Å². The van der Waals surface area contributed by atoms with Gasteiger partial charge in [-0.25, -0.2) is 17.2 Å². The lowest BCUT2D eigenvalue weighted by molar-refractivity contribution is 0.549. The van der Waals surface area contributed by atoms with E-state index in [0.717, 1.165) is 29.7 Å². The highest BCUT2D eigenvalue weighted by Crippen LogP contribution is 2.24. The summed E-state index contributed by atoms with van der Waals surface area (Å²) >= 11 is 5.96. The number of hydrogen-bond acceptors (Lipinski definition) is 3. The first-order valence-electron chi connectivity index (χ1n) is 8.60. The Morgan fingerprint density at radius 2 is 1.64 bits per heavy atom. The maximum Gasteiger partial charge on any atom is 0.209 e. The second-order valence-corrected chi connectivity index (χ2v) is 8.64. The van der Waals surface area contributed by atoms with E-state index in [1.54, 1.807) is 12.1 Å². The van der Waals surface area contributed by atoms with Gasteiger partial charge >= 0.3 is 0 Å². The molecule has 3 aromatic rings. The summed E-state index contributed by atoms with van der Waals surface area (Å²) in [7, 11) is -4.07. The van der Waals surface area contributed by atoms with Crippen LogP contribution < -0.4 is 5.32 Å². The average Bonchev–Trinajstić information content (AvgIpc) is 2.65. The third-order valence-electron chi connectivity index (χ3n) is 4.20. The van der Waals surface area contributed by atoms with Crippen molar-refractivity contribution >= 4 is 21.4 Å². The minimum Gasteiger partial charge on any atom is -0.312 e. The van der Waals surface area contributed by atoms with Crippen molar-refractivity contribution in [3.05, 3.63) is 94.5 Å². The van der Waals surface area contributed by atoms with E-state index in [-0.39, 0.29) is 4.90 Å². The van der Waals surface area contributed by atoms with Crippen molar-refractivity contribution in [1.29, 1.82) is 0 Å². The minimum atomic E-state index is -4.07. The molecule has 1 N–H and O–H groups in total. The van der Waals surface area contributed by atoms with Gasteiger partial charge in [0.05, 0.1) is 4.90 Å². The molecule has 3 rings (SSSR count). The molecule has 0 aliphatic rings. The fourth-order valence-electron chi connectivity index (χ4n) is 2.80. The van der Waals surface area contributed by atoms with Crippen molar-refractivity contribution < 1.29 is 17.2 Å². The number of nitrogens with one attached hydrogen (secondary N) is 1. The summed E-state index contributed by atoms with van der Waals surface area (Å²) in [5.41, 5.74) is 1.85. The molecule has 0 unspecified atom stereocenters. The highest BCUT2D eigenvalue weighted by molar-refractivity contribution is 7.91. The van der Waals surface area contributed by atoms with Gasteiger partial charge in [-0.05, 0) is 60.5 Å². The first kappa shape index (κ1) is 20.5. The van der Waals surface area contributed by atoms with Crippen LogP contribution in [0.3, 0.4) is 0 Å². The molecule has 0 aliphatic heterocycles. The summed E-state index contributed by atoms with van der Waals surface area (Å²) in [5.74, 6) is -1.93. The molecule has 0 saturated carbocycles.